The molecule has 0 amide bonds. The van der Waals surface area contributed by atoms with Crippen LogP contribution in [0.5, 0.6) is 5.75 Å². The van der Waals surface area contributed by atoms with Gasteiger partial charge in [-0.15, -0.1) is 0 Å². The monoisotopic (exact) mass is 358 g/mol. The Morgan fingerprint density at radius 1 is 0.778 bits per heavy atom. The molecule has 5 rings (SSSR count). The number of rotatable bonds is 3. The van der Waals surface area contributed by atoms with E-state index < -0.39 is 0 Å². The predicted octanol–water partition coefficient (Wildman–Crippen LogP) is 3.82. The second kappa shape index (κ2) is 6.50. The Balaban J connectivity index is 1.46. The van der Waals surface area contributed by atoms with Gasteiger partial charge in [0.15, 0.2) is 5.82 Å². The molecule has 0 saturated carbocycles. The van der Waals surface area contributed by atoms with E-state index in [0.717, 1.165) is 48.8 Å². The van der Waals surface area contributed by atoms with Crippen LogP contribution in [0.4, 0.5) is 11.5 Å². The lowest BCUT2D eigenvalue weighted by Gasteiger charge is -2.37. The van der Waals surface area contributed by atoms with E-state index in [2.05, 4.69) is 62.9 Å². The molecule has 0 bridgehead atoms. The molecule has 136 valence electrons. The smallest absolute Gasteiger partial charge is 0.153 e. The molecule has 2 aromatic carbocycles. The fourth-order valence-electron chi connectivity index (χ4n) is 3.99. The van der Waals surface area contributed by atoms with Crippen LogP contribution in [-0.4, -0.2) is 42.7 Å². The average molecular weight is 358 g/mol. The van der Waals surface area contributed by atoms with E-state index in [1.165, 1.54) is 11.2 Å². The summed E-state index contributed by atoms with van der Waals surface area (Å²) < 4.78 is 7.77. The zero-order valence-corrected chi connectivity index (χ0v) is 15.4. The number of fused-ring (bicyclic) bond motifs is 3. The molecule has 0 aliphatic carbocycles. The molecule has 5 nitrogen and oxygen atoms in total. The summed E-state index contributed by atoms with van der Waals surface area (Å²) >= 11 is 0. The lowest BCUT2D eigenvalue weighted by Crippen LogP contribution is -2.47. The topological polar surface area (TPSA) is 33.0 Å². The predicted molar refractivity (Wildman–Crippen MR) is 110 cm³/mol. The Labute approximate surface area is 158 Å². The van der Waals surface area contributed by atoms with Crippen LogP contribution in [-0.2, 0) is 0 Å². The van der Waals surface area contributed by atoms with Crippen molar-refractivity contribution < 1.29 is 4.74 Å². The molecule has 4 aromatic rings. The summed E-state index contributed by atoms with van der Waals surface area (Å²) in [7, 11) is 1.73. The number of ether oxygens (including phenoxy) is 1. The molecule has 1 aliphatic heterocycles. The molecule has 1 fully saturated rings. The molecule has 3 heterocycles. The van der Waals surface area contributed by atoms with Crippen molar-refractivity contribution in [1.29, 1.82) is 0 Å². The van der Waals surface area contributed by atoms with Crippen molar-refractivity contribution in [2.24, 2.45) is 0 Å². The van der Waals surface area contributed by atoms with Crippen molar-refractivity contribution in [3.05, 3.63) is 66.9 Å². The van der Waals surface area contributed by atoms with E-state index in [1.807, 2.05) is 18.2 Å². The third-order valence-electron chi connectivity index (χ3n) is 5.35. The Kier molecular flexibility index (Phi) is 3.85. The summed E-state index contributed by atoms with van der Waals surface area (Å²) in [4.78, 5) is 9.78. The number of anilines is 2. The minimum Gasteiger partial charge on any atom is -0.495 e. The quantitative estimate of drug-likeness (QED) is 0.557. The molecule has 27 heavy (non-hydrogen) atoms. The van der Waals surface area contributed by atoms with E-state index in [-0.39, 0.29) is 0 Å². The standard InChI is InChI=1S/C22H22N4O/c1-27-21-11-5-4-9-19(21)24-13-15-25(16-14-24)22-20-10-6-12-26(20)18-8-3-2-7-17(18)23-22/h2-12H,13-16H2,1H3. The van der Waals surface area contributed by atoms with Gasteiger partial charge in [-0.2, -0.15) is 0 Å². The average Bonchev–Trinajstić information content (AvgIpc) is 3.23. The molecule has 2 aromatic heterocycles. The zero-order chi connectivity index (χ0) is 18.2. The summed E-state index contributed by atoms with van der Waals surface area (Å²) in [6.07, 6.45) is 2.12. The van der Waals surface area contributed by atoms with Gasteiger partial charge in [0.25, 0.3) is 0 Å². The Bertz CT molecular complexity index is 1100. The van der Waals surface area contributed by atoms with Crippen molar-refractivity contribution in [3.8, 4) is 5.75 Å². The van der Waals surface area contributed by atoms with Gasteiger partial charge in [-0.05, 0) is 36.4 Å². The van der Waals surface area contributed by atoms with Crippen molar-refractivity contribution in [1.82, 2.24) is 9.38 Å². The Hall–Kier alpha value is -3.21. The first kappa shape index (κ1) is 16.0. The molecule has 0 N–H and O–H groups in total. The third-order valence-corrected chi connectivity index (χ3v) is 5.35. The Morgan fingerprint density at radius 2 is 1.48 bits per heavy atom. The summed E-state index contributed by atoms with van der Waals surface area (Å²) in [5.41, 5.74) is 4.51. The van der Waals surface area contributed by atoms with E-state index >= 15 is 0 Å². The maximum absolute atomic E-state index is 5.53. The van der Waals surface area contributed by atoms with Crippen LogP contribution in [0, 0.1) is 0 Å². The van der Waals surface area contributed by atoms with Gasteiger partial charge in [-0.25, -0.2) is 4.98 Å². The largest absolute Gasteiger partial charge is 0.495 e. The van der Waals surface area contributed by atoms with Gasteiger partial charge in [-0.3, -0.25) is 0 Å². The first-order chi connectivity index (χ1) is 13.3. The second-order valence-corrected chi connectivity index (χ2v) is 6.83. The van der Waals surface area contributed by atoms with Gasteiger partial charge < -0.3 is 18.9 Å². The molecule has 0 atom stereocenters. The minimum atomic E-state index is 0.934. The summed E-state index contributed by atoms with van der Waals surface area (Å²) in [5, 5.41) is 0. The minimum absolute atomic E-state index is 0.934. The van der Waals surface area contributed by atoms with E-state index in [1.54, 1.807) is 7.11 Å². The van der Waals surface area contributed by atoms with Crippen LogP contribution < -0.4 is 14.5 Å². The second-order valence-electron chi connectivity index (χ2n) is 6.83. The van der Waals surface area contributed by atoms with Crippen LogP contribution in [0.15, 0.2) is 66.9 Å². The molecule has 5 heteroatoms. The summed E-state index contributed by atoms with van der Waals surface area (Å²) in [6, 6.07) is 20.8. The molecule has 0 radical (unpaired) electrons. The van der Waals surface area contributed by atoms with Crippen LogP contribution in [0.1, 0.15) is 0 Å². The third kappa shape index (κ3) is 2.67. The maximum atomic E-state index is 5.53. The van der Waals surface area contributed by atoms with Crippen LogP contribution in [0.3, 0.4) is 0 Å². The molecule has 0 spiro atoms. The summed E-state index contributed by atoms with van der Waals surface area (Å²) in [5.74, 6) is 2.00. The number of methoxy groups -OCH3 is 1. The van der Waals surface area contributed by atoms with Crippen LogP contribution >= 0.6 is 0 Å². The normalized spacial score (nSPS) is 14.9. The highest BCUT2D eigenvalue weighted by Gasteiger charge is 2.22. The molecule has 0 unspecified atom stereocenters. The number of aromatic nitrogens is 2. The van der Waals surface area contributed by atoms with Crippen LogP contribution in [0.2, 0.25) is 0 Å². The van der Waals surface area contributed by atoms with Crippen molar-refractivity contribution in [3.63, 3.8) is 0 Å². The summed E-state index contributed by atoms with van der Waals surface area (Å²) in [6.45, 7) is 3.76. The van der Waals surface area contributed by atoms with Gasteiger partial charge >= 0.3 is 0 Å². The van der Waals surface area contributed by atoms with E-state index in [4.69, 9.17) is 9.72 Å². The van der Waals surface area contributed by atoms with E-state index in [0.29, 0.717) is 0 Å². The number of nitrogens with zero attached hydrogens (tertiary/aromatic N) is 4. The lowest BCUT2D eigenvalue weighted by molar-refractivity contribution is 0.413. The van der Waals surface area contributed by atoms with Gasteiger partial charge in [0.2, 0.25) is 0 Å². The number of piperazine rings is 1. The first-order valence-electron chi connectivity index (χ1n) is 9.34. The zero-order valence-electron chi connectivity index (χ0n) is 15.4. The molecule has 1 saturated heterocycles. The highest BCUT2D eigenvalue weighted by molar-refractivity contribution is 5.85. The number of benzene rings is 2. The molecule has 1 aliphatic rings. The van der Waals surface area contributed by atoms with Crippen molar-refractivity contribution in [2.45, 2.75) is 0 Å². The fourth-order valence-corrected chi connectivity index (χ4v) is 3.99. The molecular formula is C22H22N4O. The van der Waals surface area contributed by atoms with Crippen LogP contribution in [0.25, 0.3) is 16.6 Å². The highest BCUT2D eigenvalue weighted by atomic mass is 16.5. The van der Waals surface area contributed by atoms with Gasteiger partial charge in [0.1, 0.15) is 5.75 Å². The van der Waals surface area contributed by atoms with Gasteiger partial charge in [-0.1, -0.05) is 24.3 Å². The lowest BCUT2D eigenvalue weighted by atomic mass is 10.2. The van der Waals surface area contributed by atoms with Gasteiger partial charge in [0.05, 0.1) is 29.3 Å². The highest BCUT2D eigenvalue weighted by Crippen LogP contribution is 2.30. The van der Waals surface area contributed by atoms with Gasteiger partial charge in [0, 0.05) is 32.4 Å². The number of hydrogen-bond donors (Lipinski definition) is 0. The number of hydrogen-bond acceptors (Lipinski definition) is 4. The first-order valence-corrected chi connectivity index (χ1v) is 9.34. The van der Waals surface area contributed by atoms with E-state index in [9.17, 15) is 0 Å². The maximum Gasteiger partial charge on any atom is 0.153 e. The Morgan fingerprint density at radius 3 is 2.33 bits per heavy atom. The SMILES string of the molecule is COc1ccccc1N1CCN(c2nc3ccccc3n3cccc23)CC1. The number of para-hydroxylation sites is 4. The van der Waals surface area contributed by atoms with Crippen molar-refractivity contribution in [2.75, 3.05) is 43.1 Å². The molecular weight excluding hydrogens is 336 g/mol. The fraction of sp³-hybridized carbons (Fsp3) is 0.227. The van der Waals surface area contributed by atoms with Crippen molar-refractivity contribution >= 4 is 28.1 Å².